The van der Waals surface area contributed by atoms with Gasteiger partial charge >= 0.3 is 6.09 Å². The summed E-state index contributed by atoms with van der Waals surface area (Å²) in [7, 11) is 1.61. The molecule has 0 bridgehead atoms. The van der Waals surface area contributed by atoms with Crippen LogP contribution < -0.4 is 0 Å². The third-order valence-corrected chi connectivity index (χ3v) is 4.56. The van der Waals surface area contributed by atoms with Gasteiger partial charge in [-0.2, -0.15) is 0 Å². The van der Waals surface area contributed by atoms with Crippen LogP contribution in [0.4, 0.5) is 4.79 Å². The predicted octanol–water partition coefficient (Wildman–Crippen LogP) is 1.29. The van der Waals surface area contributed by atoms with Crippen LogP contribution in [0.1, 0.15) is 5.56 Å². The van der Waals surface area contributed by atoms with Gasteiger partial charge in [-0.15, -0.1) is 0 Å². The molecule has 2 aliphatic rings. The predicted molar refractivity (Wildman–Crippen MR) is 91.4 cm³/mol. The van der Waals surface area contributed by atoms with Gasteiger partial charge in [-0.3, -0.25) is 14.6 Å². The lowest BCUT2D eigenvalue weighted by atomic mass is 10.2. The second kappa shape index (κ2) is 7.49. The number of piperazine rings is 1. The number of benzene rings is 1. The Bertz CT molecular complexity index is 609. The van der Waals surface area contributed by atoms with E-state index in [9.17, 15) is 9.59 Å². The molecule has 6 nitrogen and oxygen atoms in total. The molecule has 2 saturated heterocycles. The molecule has 2 fully saturated rings. The highest BCUT2D eigenvalue weighted by Gasteiger charge is 2.38. The van der Waals surface area contributed by atoms with Crippen LogP contribution in [-0.2, 0) is 9.53 Å². The Morgan fingerprint density at radius 2 is 1.92 bits per heavy atom. The van der Waals surface area contributed by atoms with Crippen LogP contribution in [0.3, 0.4) is 0 Å². The zero-order valence-electron chi connectivity index (χ0n) is 13.9. The number of amides is 2. The average Bonchev–Trinajstić information content (AvgIpc) is 2.95. The number of carbonyl (C=O) groups is 2. The van der Waals surface area contributed by atoms with E-state index in [-0.39, 0.29) is 12.5 Å². The summed E-state index contributed by atoms with van der Waals surface area (Å²) < 4.78 is 4.93. The minimum Gasteiger partial charge on any atom is -0.447 e. The van der Waals surface area contributed by atoms with E-state index in [1.54, 1.807) is 7.05 Å². The minimum absolute atomic E-state index is 0.0113. The maximum absolute atomic E-state index is 12.5. The summed E-state index contributed by atoms with van der Waals surface area (Å²) in [5.41, 5.74) is 1.19. The van der Waals surface area contributed by atoms with Crippen LogP contribution in [0.25, 0.3) is 6.08 Å². The number of rotatable bonds is 4. The molecule has 3 rings (SSSR count). The van der Waals surface area contributed by atoms with Crippen molar-refractivity contribution in [3.63, 3.8) is 0 Å². The third kappa shape index (κ3) is 3.76. The van der Waals surface area contributed by atoms with Crippen molar-refractivity contribution < 1.29 is 14.3 Å². The molecule has 24 heavy (non-hydrogen) atoms. The zero-order valence-corrected chi connectivity index (χ0v) is 13.9. The number of carbonyl (C=O) groups excluding carboxylic acids is 2. The summed E-state index contributed by atoms with van der Waals surface area (Å²) in [6.45, 7) is 4.11. The van der Waals surface area contributed by atoms with Crippen LogP contribution in [-0.4, -0.2) is 79.1 Å². The van der Waals surface area contributed by atoms with E-state index in [2.05, 4.69) is 29.2 Å². The van der Waals surface area contributed by atoms with Crippen LogP contribution in [0.15, 0.2) is 36.4 Å². The first-order chi connectivity index (χ1) is 11.6. The average molecular weight is 329 g/mol. The first kappa shape index (κ1) is 16.5. The van der Waals surface area contributed by atoms with Gasteiger partial charge in [0.1, 0.15) is 12.6 Å². The molecule has 2 amide bonds. The number of hydrogen-bond acceptors (Lipinski definition) is 4. The van der Waals surface area contributed by atoms with Crippen LogP contribution in [0.2, 0.25) is 0 Å². The lowest BCUT2D eigenvalue weighted by Crippen LogP contribution is -2.54. The first-order valence-corrected chi connectivity index (χ1v) is 8.27. The molecule has 1 aromatic rings. The zero-order chi connectivity index (χ0) is 16.9. The van der Waals surface area contributed by atoms with E-state index in [4.69, 9.17) is 4.74 Å². The Hall–Kier alpha value is -2.34. The molecule has 0 spiro atoms. The van der Waals surface area contributed by atoms with Crippen molar-refractivity contribution in [3.8, 4) is 0 Å². The molecular formula is C18H23N3O3. The van der Waals surface area contributed by atoms with Crippen molar-refractivity contribution in [2.24, 2.45) is 0 Å². The van der Waals surface area contributed by atoms with E-state index in [1.807, 2.05) is 23.1 Å². The lowest BCUT2D eigenvalue weighted by molar-refractivity contribution is -0.136. The minimum atomic E-state index is -0.470. The largest absolute Gasteiger partial charge is 0.447 e. The number of likely N-dealkylation sites (N-methyl/N-ethyl adjacent to an activating group) is 1. The summed E-state index contributed by atoms with van der Waals surface area (Å²) in [6, 6.07) is 9.75. The Morgan fingerprint density at radius 1 is 1.21 bits per heavy atom. The summed E-state index contributed by atoms with van der Waals surface area (Å²) in [4.78, 5) is 29.4. The maximum Gasteiger partial charge on any atom is 0.410 e. The maximum atomic E-state index is 12.5. The fourth-order valence-electron chi connectivity index (χ4n) is 2.99. The van der Waals surface area contributed by atoms with E-state index >= 15 is 0 Å². The number of nitrogens with zero attached hydrogens (tertiary/aromatic N) is 3. The Labute approximate surface area is 142 Å². The highest BCUT2D eigenvalue weighted by atomic mass is 16.6. The van der Waals surface area contributed by atoms with E-state index in [1.165, 1.54) is 10.5 Å². The fourth-order valence-corrected chi connectivity index (χ4v) is 2.99. The van der Waals surface area contributed by atoms with Gasteiger partial charge < -0.3 is 9.64 Å². The summed E-state index contributed by atoms with van der Waals surface area (Å²) in [6.07, 6.45) is 3.86. The monoisotopic (exact) mass is 329 g/mol. The van der Waals surface area contributed by atoms with E-state index in [0.29, 0.717) is 13.1 Å². The molecule has 2 aliphatic heterocycles. The van der Waals surface area contributed by atoms with Gasteiger partial charge in [-0.05, 0) is 5.56 Å². The lowest BCUT2D eigenvalue weighted by Gasteiger charge is -2.35. The molecule has 6 heteroatoms. The number of hydrogen-bond donors (Lipinski definition) is 0. The van der Waals surface area contributed by atoms with Crippen molar-refractivity contribution in [2.45, 2.75) is 6.04 Å². The molecule has 1 unspecified atom stereocenters. The van der Waals surface area contributed by atoms with Gasteiger partial charge in [0, 0.05) is 39.8 Å². The molecule has 0 N–H and O–H groups in total. The molecule has 0 aromatic heterocycles. The summed E-state index contributed by atoms with van der Waals surface area (Å²) >= 11 is 0. The van der Waals surface area contributed by atoms with Gasteiger partial charge in [0.2, 0.25) is 5.91 Å². The van der Waals surface area contributed by atoms with Crippen LogP contribution >= 0.6 is 0 Å². The molecule has 128 valence electrons. The van der Waals surface area contributed by atoms with Crippen molar-refractivity contribution in [1.29, 1.82) is 0 Å². The van der Waals surface area contributed by atoms with Gasteiger partial charge in [-0.25, -0.2) is 4.79 Å². The molecular weight excluding hydrogens is 306 g/mol. The highest BCUT2D eigenvalue weighted by Crippen LogP contribution is 2.14. The van der Waals surface area contributed by atoms with Crippen LogP contribution in [0, 0.1) is 0 Å². The highest BCUT2D eigenvalue weighted by molar-refractivity contribution is 5.87. The quantitative estimate of drug-likeness (QED) is 0.835. The smallest absolute Gasteiger partial charge is 0.410 e. The number of ether oxygens (including phenoxy) is 1. The molecule has 2 heterocycles. The van der Waals surface area contributed by atoms with Crippen LogP contribution in [0.5, 0.6) is 0 Å². The first-order valence-electron chi connectivity index (χ1n) is 8.27. The van der Waals surface area contributed by atoms with Gasteiger partial charge in [-0.1, -0.05) is 42.5 Å². The SMILES string of the molecule is CN1C(=O)OCC1C(=O)N1CCN(C/C=C/c2ccccc2)CC1. The summed E-state index contributed by atoms with van der Waals surface area (Å²) in [5.74, 6) is -0.0113. The standard InChI is InChI=1S/C18H23N3O3/c1-19-16(14-24-18(19)23)17(22)21-12-10-20(11-13-21)9-5-8-15-6-3-2-4-7-15/h2-8,16H,9-14H2,1H3/b8-5+. The Kier molecular flexibility index (Phi) is 5.15. The van der Waals surface area contributed by atoms with Crippen molar-refractivity contribution >= 4 is 18.1 Å². The fraction of sp³-hybridized carbons (Fsp3) is 0.444. The second-order valence-corrected chi connectivity index (χ2v) is 6.14. The molecule has 1 atom stereocenters. The Balaban J connectivity index is 1.45. The normalized spacial score (nSPS) is 22.2. The van der Waals surface area contributed by atoms with Gasteiger partial charge in [0.25, 0.3) is 0 Å². The van der Waals surface area contributed by atoms with E-state index in [0.717, 1.165) is 19.6 Å². The third-order valence-electron chi connectivity index (χ3n) is 4.56. The molecule has 1 aromatic carbocycles. The number of cyclic esters (lactones) is 1. The second-order valence-electron chi connectivity index (χ2n) is 6.14. The van der Waals surface area contributed by atoms with Gasteiger partial charge in [0.05, 0.1) is 0 Å². The molecule has 0 aliphatic carbocycles. The summed E-state index contributed by atoms with van der Waals surface area (Å²) in [5, 5.41) is 0. The van der Waals surface area contributed by atoms with Crippen molar-refractivity contribution in [3.05, 3.63) is 42.0 Å². The topological polar surface area (TPSA) is 53.1 Å². The molecule has 0 radical (unpaired) electrons. The Morgan fingerprint density at radius 3 is 2.54 bits per heavy atom. The van der Waals surface area contributed by atoms with Crippen molar-refractivity contribution in [1.82, 2.24) is 14.7 Å². The van der Waals surface area contributed by atoms with E-state index < -0.39 is 12.1 Å². The molecule has 0 saturated carbocycles. The van der Waals surface area contributed by atoms with Crippen molar-refractivity contribution in [2.75, 3.05) is 46.4 Å². The van der Waals surface area contributed by atoms with Gasteiger partial charge in [0.15, 0.2) is 0 Å².